The van der Waals surface area contributed by atoms with Crippen LogP contribution in [0.15, 0.2) is 0 Å². The first-order valence-electron chi connectivity index (χ1n) is 4.95. The Hall–Kier alpha value is -1.11. The highest BCUT2D eigenvalue weighted by Gasteiger charge is 2.35. The van der Waals surface area contributed by atoms with Crippen LogP contribution in [0.3, 0.4) is 0 Å². The van der Waals surface area contributed by atoms with E-state index in [1.165, 1.54) is 4.90 Å². The Bertz CT molecular complexity index is 398. The number of aliphatic carboxylic acids is 1. The highest BCUT2D eigenvalue weighted by molar-refractivity contribution is 7.93. The molecule has 0 aromatic heterocycles. The van der Waals surface area contributed by atoms with Gasteiger partial charge in [0.15, 0.2) is 15.1 Å². The summed E-state index contributed by atoms with van der Waals surface area (Å²) < 4.78 is 23.0. The van der Waals surface area contributed by atoms with Crippen LogP contribution in [0.2, 0.25) is 0 Å². The van der Waals surface area contributed by atoms with Gasteiger partial charge in [0.05, 0.1) is 0 Å². The van der Waals surface area contributed by atoms with Crippen molar-refractivity contribution in [2.45, 2.75) is 31.1 Å². The van der Waals surface area contributed by atoms with E-state index >= 15 is 0 Å². The highest BCUT2D eigenvalue weighted by Crippen LogP contribution is 2.25. The van der Waals surface area contributed by atoms with E-state index in [1.54, 1.807) is 7.05 Å². The van der Waals surface area contributed by atoms with Crippen LogP contribution in [-0.2, 0) is 19.4 Å². The van der Waals surface area contributed by atoms with Crippen molar-refractivity contribution in [2.75, 3.05) is 12.8 Å². The number of carbonyl (C=O) groups excluding carboxylic acids is 1. The minimum Gasteiger partial charge on any atom is -0.480 e. The number of sulfone groups is 1. The topological polar surface area (TPSA) is 91.7 Å². The lowest BCUT2D eigenvalue weighted by Gasteiger charge is -2.17. The number of hydrogen-bond acceptors (Lipinski definition) is 4. The van der Waals surface area contributed by atoms with Gasteiger partial charge in [-0.2, -0.15) is 0 Å². The zero-order chi connectivity index (χ0) is 12.5. The second-order valence-corrected chi connectivity index (χ2v) is 6.34. The fraction of sp³-hybridized carbons (Fsp3) is 0.778. The number of rotatable bonds is 5. The van der Waals surface area contributed by atoms with Crippen molar-refractivity contribution in [3.8, 4) is 0 Å². The third-order valence-electron chi connectivity index (χ3n) is 2.70. The van der Waals surface area contributed by atoms with Gasteiger partial charge < -0.3 is 10.0 Å². The summed E-state index contributed by atoms with van der Waals surface area (Å²) in [7, 11) is -2.36. The molecule has 0 aromatic rings. The molecule has 0 radical (unpaired) electrons. The maximum absolute atomic E-state index is 11.5. The average molecular weight is 249 g/mol. The van der Waals surface area contributed by atoms with E-state index < -0.39 is 32.7 Å². The smallest absolute Gasteiger partial charge is 0.321 e. The largest absolute Gasteiger partial charge is 0.480 e. The normalized spacial score (nSPS) is 17.9. The van der Waals surface area contributed by atoms with E-state index in [9.17, 15) is 18.0 Å². The average Bonchev–Trinajstić information content (AvgIpc) is 2.97. The van der Waals surface area contributed by atoms with Gasteiger partial charge in [-0.05, 0) is 19.8 Å². The predicted octanol–water partition coefficient (Wildman–Crippen LogP) is -0.505. The van der Waals surface area contributed by atoms with Crippen LogP contribution < -0.4 is 0 Å². The Morgan fingerprint density at radius 1 is 1.44 bits per heavy atom. The van der Waals surface area contributed by atoms with Crippen LogP contribution in [0.25, 0.3) is 0 Å². The van der Waals surface area contributed by atoms with Crippen LogP contribution in [-0.4, -0.2) is 54.4 Å². The molecule has 1 rings (SSSR count). The molecule has 1 amide bonds. The quantitative estimate of drug-likeness (QED) is 0.709. The predicted molar refractivity (Wildman–Crippen MR) is 56.7 cm³/mol. The van der Waals surface area contributed by atoms with Crippen LogP contribution in [0, 0.1) is 0 Å². The summed E-state index contributed by atoms with van der Waals surface area (Å²) in [6.45, 7) is 1.07. The first kappa shape index (κ1) is 13.0. The van der Waals surface area contributed by atoms with E-state index in [4.69, 9.17) is 5.11 Å². The fourth-order valence-electron chi connectivity index (χ4n) is 1.22. The molecule has 1 fully saturated rings. The van der Waals surface area contributed by atoms with Crippen molar-refractivity contribution in [1.29, 1.82) is 0 Å². The standard InChI is InChI=1S/C9H15NO5S/c1-6(9(12)13)16(14,15)5-8(11)10(2)7-3-4-7/h6-7H,3-5H2,1-2H3,(H,12,13). The summed E-state index contributed by atoms with van der Waals surface area (Å²) in [5, 5.41) is 7.05. The monoisotopic (exact) mass is 249 g/mol. The molecule has 1 aliphatic rings. The Morgan fingerprint density at radius 3 is 2.31 bits per heavy atom. The van der Waals surface area contributed by atoms with Gasteiger partial charge in [0.25, 0.3) is 0 Å². The lowest BCUT2D eigenvalue weighted by atomic mass is 10.5. The number of carbonyl (C=O) groups is 2. The Labute approximate surface area is 94.2 Å². The van der Waals surface area contributed by atoms with Crippen LogP contribution in [0.1, 0.15) is 19.8 Å². The van der Waals surface area contributed by atoms with Crippen molar-refractivity contribution >= 4 is 21.7 Å². The number of carboxylic acids is 1. The van der Waals surface area contributed by atoms with Crippen molar-refractivity contribution < 1.29 is 23.1 Å². The van der Waals surface area contributed by atoms with Crippen molar-refractivity contribution in [3.63, 3.8) is 0 Å². The highest BCUT2D eigenvalue weighted by atomic mass is 32.2. The molecule has 0 aromatic carbocycles. The first-order valence-corrected chi connectivity index (χ1v) is 6.67. The second-order valence-electron chi connectivity index (χ2n) is 4.02. The van der Waals surface area contributed by atoms with E-state index in [2.05, 4.69) is 0 Å². The molecular formula is C9H15NO5S. The van der Waals surface area contributed by atoms with Crippen LogP contribution >= 0.6 is 0 Å². The van der Waals surface area contributed by atoms with Gasteiger partial charge in [-0.1, -0.05) is 0 Å². The third kappa shape index (κ3) is 2.94. The maximum Gasteiger partial charge on any atom is 0.321 e. The van der Waals surface area contributed by atoms with Gasteiger partial charge in [0.1, 0.15) is 5.75 Å². The summed E-state index contributed by atoms with van der Waals surface area (Å²) in [4.78, 5) is 23.4. The van der Waals surface area contributed by atoms with E-state index in [0.717, 1.165) is 19.8 Å². The van der Waals surface area contributed by atoms with E-state index in [1.807, 2.05) is 0 Å². The fourth-order valence-corrected chi connectivity index (χ4v) is 2.32. The molecule has 6 nitrogen and oxygen atoms in total. The van der Waals surface area contributed by atoms with Gasteiger partial charge in [-0.25, -0.2) is 8.42 Å². The molecule has 1 atom stereocenters. The van der Waals surface area contributed by atoms with Gasteiger partial charge in [0, 0.05) is 13.1 Å². The Morgan fingerprint density at radius 2 is 1.94 bits per heavy atom. The summed E-state index contributed by atoms with van der Waals surface area (Å²) in [5.74, 6) is -2.69. The lowest BCUT2D eigenvalue weighted by Crippen LogP contribution is -2.38. The minimum atomic E-state index is -3.90. The maximum atomic E-state index is 11.5. The summed E-state index contributed by atoms with van der Waals surface area (Å²) in [5.41, 5.74) is 0. The zero-order valence-electron chi connectivity index (χ0n) is 9.21. The molecule has 0 bridgehead atoms. The van der Waals surface area contributed by atoms with E-state index in [0.29, 0.717) is 0 Å². The summed E-state index contributed by atoms with van der Waals surface area (Å²) >= 11 is 0. The molecule has 1 saturated carbocycles. The Kier molecular flexibility index (Phi) is 3.57. The number of nitrogens with zero attached hydrogens (tertiary/aromatic N) is 1. The van der Waals surface area contributed by atoms with Crippen molar-refractivity contribution in [3.05, 3.63) is 0 Å². The number of carboxylic acid groups (broad SMARTS) is 1. The zero-order valence-corrected chi connectivity index (χ0v) is 10.0. The molecule has 16 heavy (non-hydrogen) atoms. The minimum absolute atomic E-state index is 0.128. The van der Waals surface area contributed by atoms with Crippen LogP contribution in [0.4, 0.5) is 0 Å². The molecule has 1 aliphatic carbocycles. The molecule has 1 N–H and O–H groups in total. The van der Waals surface area contributed by atoms with Gasteiger partial charge >= 0.3 is 5.97 Å². The molecule has 92 valence electrons. The Balaban J connectivity index is 2.65. The molecule has 7 heteroatoms. The molecule has 0 spiro atoms. The molecule has 1 unspecified atom stereocenters. The first-order chi connectivity index (χ1) is 7.25. The molecule has 0 saturated heterocycles. The van der Waals surface area contributed by atoms with Crippen LogP contribution in [0.5, 0.6) is 0 Å². The summed E-state index contributed by atoms with van der Waals surface area (Å²) in [6, 6.07) is 0.128. The SMILES string of the molecule is CC(C(=O)O)S(=O)(=O)CC(=O)N(C)C1CC1. The molecular weight excluding hydrogens is 234 g/mol. The van der Waals surface area contributed by atoms with E-state index in [-0.39, 0.29) is 6.04 Å². The number of amides is 1. The van der Waals surface area contributed by atoms with Gasteiger partial charge in [-0.15, -0.1) is 0 Å². The van der Waals surface area contributed by atoms with Gasteiger partial charge in [0.2, 0.25) is 5.91 Å². The van der Waals surface area contributed by atoms with Gasteiger partial charge in [-0.3, -0.25) is 9.59 Å². The summed E-state index contributed by atoms with van der Waals surface area (Å²) in [6.07, 6.45) is 1.77. The molecule has 0 aliphatic heterocycles. The van der Waals surface area contributed by atoms with Crippen molar-refractivity contribution in [2.24, 2.45) is 0 Å². The number of hydrogen-bond donors (Lipinski definition) is 1. The van der Waals surface area contributed by atoms with Crippen molar-refractivity contribution in [1.82, 2.24) is 4.90 Å². The molecule has 0 heterocycles. The second kappa shape index (κ2) is 4.40. The third-order valence-corrected chi connectivity index (χ3v) is 4.63. The lowest BCUT2D eigenvalue weighted by molar-refractivity contribution is -0.136.